The van der Waals surface area contributed by atoms with Crippen LogP contribution in [0.3, 0.4) is 0 Å². The molecule has 5 heteroatoms. The Morgan fingerprint density at radius 3 is 1.31 bits per heavy atom. The van der Waals surface area contributed by atoms with Crippen molar-refractivity contribution in [2.75, 3.05) is 6.61 Å². The Morgan fingerprint density at radius 1 is 0.690 bits per heavy atom. The van der Waals surface area contributed by atoms with E-state index in [2.05, 4.69) is 6.58 Å². The van der Waals surface area contributed by atoms with Crippen molar-refractivity contribution >= 4 is 16.2 Å². The summed E-state index contributed by atoms with van der Waals surface area (Å²) in [6.07, 6.45) is 23.3. The van der Waals surface area contributed by atoms with E-state index in [1.807, 2.05) is 0 Å². The number of hydrogen-bond donors (Lipinski definition) is 0. The first-order valence-electron chi connectivity index (χ1n) is 12.1. The number of rotatable bonds is 22. The minimum Gasteiger partial charge on any atom is -0.463 e. The third-order valence-electron chi connectivity index (χ3n) is 5.42. The topological polar surface area (TPSA) is 26.3 Å². The molecule has 0 aliphatic rings. The maximum Gasteiger partial charge on any atom is 0.330 e. The largest absolute Gasteiger partial charge is 0.463 e. The van der Waals surface area contributed by atoms with Gasteiger partial charge in [0.25, 0.3) is 0 Å². The summed E-state index contributed by atoms with van der Waals surface area (Å²) in [7, 11) is 0.000443. The van der Waals surface area contributed by atoms with Crippen LogP contribution in [0, 0.1) is 0 Å². The fourth-order valence-electron chi connectivity index (χ4n) is 3.60. The van der Waals surface area contributed by atoms with Crippen molar-refractivity contribution in [3.63, 3.8) is 0 Å². The number of alkyl halides is 2. The van der Waals surface area contributed by atoms with E-state index < -0.39 is 5.55 Å². The van der Waals surface area contributed by atoms with Gasteiger partial charge in [-0.25, -0.2) is 13.6 Å². The van der Waals surface area contributed by atoms with Crippen LogP contribution in [0.2, 0.25) is 0 Å². The van der Waals surface area contributed by atoms with Crippen molar-refractivity contribution in [1.29, 1.82) is 0 Å². The summed E-state index contributed by atoms with van der Waals surface area (Å²) in [6, 6.07) is 0. The third kappa shape index (κ3) is 25.3. The zero-order chi connectivity index (χ0) is 21.6. The normalized spacial score (nSPS) is 11.7. The maximum atomic E-state index is 12.7. The van der Waals surface area contributed by atoms with Gasteiger partial charge < -0.3 is 4.74 Å². The molecule has 0 aromatic heterocycles. The molecular weight excluding hydrogens is 386 g/mol. The molecule has 0 saturated heterocycles. The molecule has 0 radical (unpaired) electrons. The van der Waals surface area contributed by atoms with Crippen molar-refractivity contribution in [3.05, 3.63) is 12.7 Å². The molecule has 0 atom stereocenters. The lowest BCUT2D eigenvalue weighted by Crippen LogP contribution is -2.14. The molecule has 172 valence electrons. The first-order chi connectivity index (χ1) is 14.0. The Balaban J connectivity index is 3.07. The number of esters is 1. The molecule has 0 saturated carbocycles. The molecular formula is C24H46F2O2Si. The first-order valence-corrected chi connectivity index (χ1v) is 13.1. The first kappa shape index (κ1) is 28.3. The zero-order valence-corrected chi connectivity index (χ0v) is 21.0. The number of ether oxygens (including phenoxy) is 1. The standard InChI is InChI=1S/C24H46F2O2Si/c1-2-23(27)28-22-20-18-16-14-12-10-8-6-4-3-5-7-9-11-13-15-17-19-21-24(25,26)29/h2H,1,3-22H2,29H3. The van der Waals surface area contributed by atoms with Crippen molar-refractivity contribution in [2.45, 2.75) is 128 Å². The second-order valence-electron chi connectivity index (χ2n) is 8.56. The predicted molar refractivity (Wildman–Crippen MR) is 124 cm³/mol. The molecule has 0 aliphatic heterocycles. The monoisotopic (exact) mass is 432 g/mol. The lowest BCUT2D eigenvalue weighted by molar-refractivity contribution is -0.137. The quantitative estimate of drug-likeness (QED) is 0.0790. The van der Waals surface area contributed by atoms with Gasteiger partial charge in [-0.15, -0.1) is 0 Å². The Bertz CT molecular complexity index is 384. The highest BCUT2D eigenvalue weighted by molar-refractivity contribution is 6.13. The summed E-state index contributed by atoms with van der Waals surface area (Å²) in [4.78, 5) is 10.9. The molecule has 0 unspecified atom stereocenters. The van der Waals surface area contributed by atoms with Crippen molar-refractivity contribution in [2.24, 2.45) is 0 Å². The molecule has 0 heterocycles. The van der Waals surface area contributed by atoms with Gasteiger partial charge in [0.05, 0.1) is 16.8 Å². The smallest absolute Gasteiger partial charge is 0.330 e. The maximum absolute atomic E-state index is 12.7. The van der Waals surface area contributed by atoms with Crippen molar-refractivity contribution in [3.8, 4) is 0 Å². The van der Waals surface area contributed by atoms with Gasteiger partial charge >= 0.3 is 5.97 Å². The summed E-state index contributed by atoms with van der Waals surface area (Å²) in [6.45, 7) is 3.90. The van der Waals surface area contributed by atoms with Crippen LogP contribution < -0.4 is 0 Å². The van der Waals surface area contributed by atoms with Crippen LogP contribution in [0.25, 0.3) is 0 Å². The summed E-state index contributed by atoms with van der Waals surface area (Å²) >= 11 is 0. The Hall–Kier alpha value is -0.713. The number of carbonyl (C=O) groups is 1. The molecule has 0 amide bonds. The summed E-state index contributed by atoms with van der Waals surface area (Å²) in [5.41, 5.74) is -2.34. The van der Waals surface area contributed by atoms with E-state index in [0.717, 1.165) is 25.7 Å². The van der Waals surface area contributed by atoms with Crippen LogP contribution in [-0.4, -0.2) is 28.4 Å². The summed E-state index contributed by atoms with van der Waals surface area (Å²) in [5, 5.41) is 0. The fraction of sp³-hybridized carbons (Fsp3) is 0.875. The molecule has 0 bridgehead atoms. The number of carbonyl (C=O) groups excluding carboxylic acids is 1. The van der Waals surface area contributed by atoms with Crippen LogP contribution in [0.4, 0.5) is 8.78 Å². The SMILES string of the molecule is C=CC(=O)OCCCCCCCCCCCCCCCCCCCCC(F)(F)[SiH3]. The Kier molecular flexibility index (Phi) is 20.0. The lowest BCUT2D eigenvalue weighted by atomic mass is 10.0. The van der Waals surface area contributed by atoms with Gasteiger partial charge in [0.1, 0.15) is 0 Å². The van der Waals surface area contributed by atoms with Crippen molar-refractivity contribution < 1.29 is 18.3 Å². The van der Waals surface area contributed by atoms with E-state index >= 15 is 0 Å². The fourth-order valence-corrected chi connectivity index (χ4v) is 3.95. The molecule has 0 rings (SSSR count). The van der Waals surface area contributed by atoms with E-state index in [4.69, 9.17) is 4.74 Å². The van der Waals surface area contributed by atoms with E-state index in [1.54, 1.807) is 0 Å². The van der Waals surface area contributed by atoms with Gasteiger partial charge in [0, 0.05) is 12.5 Å². The van der Waals surface area contributed by atoms with E-state index in [1.165, 1.54) is 89.5 Å². The van der Waals surface area contributed by atoms with E-state index in [0.29, 0.717) is 13.0 Å². The van der Waals surface area contributed by atoms with Gasteiger partial charge in [0.2, 0.25) is 5.55 Å². The second kappa shape index (κ2) is 20.6. The molecule has 0 aliphatic carbocycles. The predicted octanol–water partition coefficient (Wildman–Crippen LogP) is 7.09. The van der Waals surface area contributed by atoms with Gasteiger partial charge in [-0.1, -0.05) is 109 Å². The average molecular weight is 433 g/mol. The molecule has 29 heavy (non-hydrogen) atoms. The molecule has 2 nitrogen and oxygen atoms in total. The van der Waals surface area contributed by atoms with E-state index in [-0.39, 0.29) is 22.6 Å². The molecule has 0 fully saturated rings. The third-order valence-corrected chi connectivity index (χ3v) is 5.92. The average Bonchev–Trinajstić information content (AvgIpc) is 2.68. The zero-order valence-electron chi connectivity index (χ0n) is 19.0. The van der Waals surface area contributed by atoms with Crippen LogP contribution in [0.15, 0.2) is 12.7 Å². The second-order valence-corrected chi connectivity index (χ2v) is 10.0. The van der Waals surface area contributed by atoms with Crippen LogP contribution in [0.1, 0.15) is 122 Å². The highest BCUT2D eigenvalue weighted by atomic mass is 28.1. The van der Waals surface area contributed by atoms with Gasteiger partial charge in [-0.3, -0.25) is 0 Å². The highest BCUT2D eigenvalue weighted by Gasteiger charge is 2.18. The van der Waals surface area contributed by atoms with Gasteiger partial charge in [-0.2, -0.15) is 0 Å². The Morgan fingerprint density at radius 2 is 1.00 bits per heavy atom. The molecule has 0 spiro atoms. The molecule has 0 aromatic rings. The van der Waals surface area contributed by atoms with E-state index in [9.17, 15) is 13.6 Å². The minimum absolute atomic E-state index is 0.000443. The molecule has 0 N–H and O–H groups in total. The van der Waals surface area contributed by atoms with Crippen molar-refractivity contribution in [1.82, 2.24) is 0 Å². The number of unbranched alkanes of at least 4 members (excludes halogenated alkanes) is 17. The lowest BCUT2D eigenvalue weighted by Gasteiger charge is -2.09. The summed E-state index contributed by atoms with van der Waals surface area (Å²) < 4.78 is 30.4. The van der Waals surface area contributed by atoms with Crippen LogP contribution in [-0.2, 0) is 9.53 Å². The van der Waals surface area contributed by atoms with Crippen LogP contribution >= 0.6 is 0 Å². The highest BCUT2D eigenvalue weighted by Crippen LogP contribution is 2.19. The minimum atomic E-state index is -2.34. The number of halogens is 2. The van der Waals surface area contributed by atoms with Gasteiger partial charge in [-0.05, 0) is 12.8 Å². The van der Waals surface area contributed by atoms with Gasteiger partial charge in [0.15, 0.2) is 0 Å². The van der Waals surface area contributed by atoms with Crippen LogP contribution in [0.5, 0.6) is 0 Å². The summed E-state index contributed by atoms with van der Waals surface area (Å²) in [5.74, 6) is -0.319. The Labute approximate surface area is 181 Å². The molecule has 0 aromatic carbocycles. The number of hydrogen-bond acceptors (Lipinski definition) is 2.